The van der Waals surface area contributed by atoms with Crippen LogP contribution in [0.25, 0.3) is 5.69 Å². The van der Waals surface area contributed by atoms with Crippen LogP contribution in [0.15, 0.2) is 41.8 Å². The van der Waals surface area contributed by atoms with Gasteiger partial charge in [0.25, 0.3) is 0 Å². The molecule has 0 atom stereocenters. The molecule has 4 rings (SSSR count). The largest absolute Gasteiger partial charge is 0.497 e. The first-order valence-electron chi connectivity index (χ1n) is 8.36. The molecule has 0 fully saturated rings. The van der Waals surface area contributed by atoms with Crippen molar-refractivity contribution in [3.63, 3.8) is 0 Å². The van der Waals surface area contributed by atoms with Crippen LogP contribution < -0.4 is 10.1 Å². The van der Waals surface area contributed by atoms with E-state index in [0.717, 1.165) is 36.6 Å². The summed E-state index contributed by atoms with van der Waals surface area (Å²) < 4.78 is 7.33. The van der Waals surface area contributed by atoms with Crippen molar-refractivity contribution >= 4 is 17.2 Å². The van der Waals surface area contributed by atoms with E-state index in [9.17, 15) is 0 Å². The molecular formula is C19H21N3OS. The number of benzene rings is 1. The molecule has 124 valence electrons. The Bertz CT molecular complexity index is 806. The van der Waals surface area contributed by atoms with Crippen LogP contribution in [0.3, 0.4) is 0 Å². The molecule has 0 radical (unpaired) electrons. The van der Waals surface area contributed by atoms with Crippen molar-refractivity contribution in [2.45, 2.75) is 25.7 Å². The number of thiophene rings is 1. The Kier molecular flexibility index (Phi) is 4.26. The topological polar surface area (TPSA) is 39.1 Å². The number of hydrogen-bond acceptors (Lipinski definition) is 4. The Morgan fingerprint density at radius 1 is 1.21 bits per heavy atom. The predicted octanol–water partition coefficient (Wildman–Crippen LogP) is 4.28. The summed E-state index contributed by atoms with van der Waals surface area (Å²) in [4.78, 5) is 1.36. The molecule has 0 amide bonds. The van der Waals surface area contributed by atoms with Crippen molar-refractivity contribution in [2.75, 3.05) is 19.0 Å². The molecule has 0 unspecified atom stereocenters. The van der Waals surface area contributed by atoms with Gasteiger partial charge in [0.1, 0.15) is 11.6 Å². The molecule has 0 spiro atoms. The molecule has 0 saturated carbocycles. The van der Waals surface area contributed by atoms with E-state index >= 15 is 0 Å². The van der Waals surface area contributed by atoms with Crippen molar-refractivity contribution in [3.05, 3.63) is 57.9 Å². The molecule has 1 aromatic carbocycles. The maximum Gasteiger partial charge on any atom is 0.133 e. The average molecular weight is 339 g/mol. The Labute approximate surface area is 146 Å². The molecule has 1 aliphatic rings. The Balaban J connectivity index is 1.76. The molecule has 4 nitrogen and oxygen atoms in total. The molecule has 5 heteroatoms. The highest BCUT2D eigenvalue weighted by molar-refractivity contribution is 7.09. The van der Waals surface area contributed by atoms with E-state index in [1.807, 2.05) is 12.1 Å². The number of anilines is 1. The summed E-state index contributed by atoms with van der Waals surface area (Å²) in [5.74, 6) is 2.02. The third-order valence-electron chi connectivity index (χ3n) is 4.45. The van der Waals surface area contributed by atoms with Crippen LogP contribution in [0.1, 0.15) is 29.0 Å². The third-order valence-corrected chi connectivity index (χ3v) is 5.33. The maximum absolute atomic E-state index is 5.27. The SMILES string of the molecule is COc1ccc(-n2nc(Cc3cccs3)c3c2NCCCC3)cc1. The number of aromatic nitrogens is 2. The second-order valence-corrected chi connectivity index (χ2v) is 7.06. The summed E-state index contributed by atoms with van der Waals surface area (Å²) in [6.45, 7) is 1.01. The highest BCUT2D eigenvalue weighted by Gasteiger charge is 2.20. The monoisotopic (exact) mass is 339 g/mol. The van der Waals surface area contributed by atoms with Gasteiger partial charge in [0.15, 0.2) is 0 Å². The van der Waals surface area contributed by atoms with Gasteiger partial charge in [-0.3, -0.25) is 0 Å². The van der Waals surface area contributed by atoms with Crippen molar-refractivity contribution in [1.82, 2.24) is 9.78 Å². The molecule has 24 heavy (non-hydrogen) atoms. The van der Waals surface area contributed by atoms with Crippen LogP contribution >= 0.6 is 11.3 Å². The minimum absolute atomic E-state index is 0.865. The van der Waals surface area contributed by atoms with E-state index in [1.54, 1.807) is 18.4 Å². The molecule has 3 heterocycles. The van der Waals surface area contributed by atoms with Crippen molar-refractivity contribution in [2.24, 2.45) is 0 Å². The van der Waals surface area contributed by atoms with Crippen LogP contribution in [0.2, 0.25) is 0 Å². The van der Waals surface area contributed by atoms with Gasteiger partial charge in [-0.15, -0.1) is 11.3 Å². The summed E-state index contributed by atoms with van der Waals surface area (Å²) in [5.41, 5.74) is 3.63. The number of nitrogens with zero attached hydrogens (tertiary/aromatic N) is 2. The number of fused-ring (bicyclic) bond motifs is 1. The van der Waals surface area contributed by atoms with Gasteiger partial charge in [0.05, 0.1) is 18.5 Å². The predicted molar refractivity (Wildman–Crippen MR) is 98.7 cm³/mol. The van der Waals surface area contributed by atoms with E-state index in [1.165, 1.54) is 29.0 Å². The van der Waals surface area contributed by atoms with Gasteiger partial charge in [0, 0.05) is 23.4 Å². The summed E-state index contributed by atoms with van der Waals surface area (Å²) in [6, 6.07) is 12.4. The number of ether oxygens (including phenoxy) is 1. The summed E-state index contributed by atoms with van der Waals surface area (Å²) in [7, 11) is 1.69. The standard InChI is InChI=1S/C19H21N3OS/c1-23-15-9-7-14(8-10-15)22-19-17(6-2-3-11-20-19)18(21-22)13-16-5-4-12-24-16/h4-5,7-10,12,20H,2-3,6,11,13H2,1H3. The van der Waals surface area contributed by atoms with Crippen molar-refractivity contribution < 1.29 is 4.74 Å². The summed E-state index contributed by atoms with van der Waals surface area (Å²) >= 11 is 1.80. The Hall–Kier alpha value is -2.27. The van der Waals surface area contributed by atoms with Crippen LogP contribution in [0.4, 0.5) is 5.82 Å². The molecule has 0 saturated heterocycles. The number of nitrogens with one attached hydrogen (secondary N) is 1. The quantitative estimate of drug-likeness (QED) is 0.771. The lowest BCUT2D eigenvalue weighted by molar-refractivity contribution is 0.414. The number of methoxy groups -OCH3 is 1. The fourth-order valence-electron chi connectivity index (χ4n) is 3.20. The van der Waals surface area contributed by atoms with Crippen molar-refractivity contribution in [3.8, 4) is 11.4 Å². The maximum atomic E-state index is 5.27. The van der Waals surface area contributed by atoms with E-state index in [2.05, 4.69) is 39.6 Å². The molecule has 1 aliphatic heterocycles. The van der Waals surface area contributed by atoms with Gasteiger partial charge < -0.3 is 10.1 Å². The van der Waals surface area contributed by atoms with Crippen LogP contribution in [0, 0.1) is 0 Å². The average Bonchev–Trinajstić information content (AvgIpc) is 3.17. The lowest BCUT2D eigenvalue weighted by Gasteiger charge is -2.09. The Morgan fingerprint density at radius 3 is 2.83 bits per heavy atom. The molecule has 0 bridgehead atoms. The third kappa shape index (κ3) is 2.91. The normalized spacial score (nSPS) is 13.9. The van der Waals surface area contributed by atoms with Gasteiger partial charge in [-0.25, -0.2) is 4.68 Å². The fraction of sp³-hybridized carbons (Fsp3) is 0.316. The van der Waals surface area contributed by atoms with Gasteiger partial charge in [-0.2, -0.15) is 5.10 Å². The van der Waals surface area contributed by atoms with E-state index in [0.29, 0.717) is 0 Å². The van der Waals surface area contributed by atoms with Crippen molar-refractivity contribution in [1.29, 1.82) is 0 Å². The molecule has 0 aliphatic carbocycles. The highest BCUT2D eigenvalue weighted by Crippen LogP contribution is 2.30. The lowest BCUT2D eigenvalue weighted by Crippen LogP contribution is -2.07. The second kappa shape index (κ2) is 6.69. The van der Waals surface area contributed by atoms with E-state index in [-0.39, 0.29) is 0 Å². The first-order chi connectivity index (χ1) is 11.8. The zero-order valence-electron chi connectivity index (χ0n) is 13.8. The van der Waals surface area contributed by atoms with Gasteiger partial charge >= 0.3 is 0 Å². The molecule has 3 aromatic rings. The van der Waals surface area contributed by atoms with Crippen LogP contribution in [-0.4, -0.2) is 23.4 Å². The molecule has 2 aromatic heterocycles. The van der Waals surface area contributed by atoms with Crippen LogP contribution in [0.5, 0.6) is 5.75 Å². The fourth-order valence-corrected chi connectivity index (χ4v) is 3.91. The van der Waals surface area contributed by atoms with Gasteiger partial charge in [0.2, 0.25) is 0 Å². The summed E-state index contributed by atoms with van der Waals surface area (Å²) in [6.07, 6.45) is 4.42. The van der Waals surface area contributed by atoms with E-state index in [4.69, 9.17) is 9.84 Å². The number of rotatable bonds is 4. The second-order valence-electron chi connectivity index (χ2n) is 6.02. The van der Waals surface area contributed by atoms with Crippen LogP contribution in [-0.2, 0) is 12.8 Å². The molecule has 1 N–H and O–H groups in total. The Morgan fingerprint density at radius 2 is 2.08 bits per heavy atom. The molecular weight excluding hydrogens is 318 g/mol. The minimum atomic E-state index is 0.865. The minimum Gasteiger partial charge on any atom is -0.497 e. The zero-order chi connectivity index (χ0) is 16.4. The van der Waals surface area contributed by atoms with Gasteiger partial charge in [-0.05, 0) is 55.0 Å². The van der Waals surface area contributed by atoms with E-state index < -0.39 is 0 Å². The smallest absolute Gasteiger partial charge is 0.133 e. The number of hydrogen-bond donors (Lipinski definition) is 1. The van der Waals surface area contributed by atoms with Gasteiger partial charge in [-0.1, -0.05) is 6.07 Å². The zero-order valence-corrected chi connectivity index (χ0v) is 14.6. The first kappa shape index (κ1) is 15.3. The lowest BCUT2D eigenvalue weighted by atomic mass is 10.1. The highest BCUT2D eigenvalue weighted by atomic mass is 32.1. The summed E-state index contributed by atoms with van der Waals surface area (Å²) in [5, 5.41) is 10.7. The first-order valence-corrected chi connectivity index (χ1v) is 9.24.